The van der Waals surface area contributed by atoms with Crippen molar-refractivity contribution in [3.05, 3.63) is 53.8 Å². The number of carbonyl (C=O) groups excluding carboxylic acids is 1. The fraction of sp³-hybridized carbons (Fsp3) is 0.450. The molecule has 0 fully saturated rings. The third-order valence-electron chi connectivity index (χ3n) is 3.35. The molecule has 126 valence electrons. The number of carbonyl (C=O) groups is 1. The van der Waals surface area contributed by atoms with Gasteiger partial charge in [-0.15, -0.1) is 0 Å². The van der Waals surface area contributed by atoms with E-state index in [2.05, 4.69) is 49.7 Å². The van der Waals surface area contributed by atoms with E-state index in [1.165, 1.54) is 12.8 Å². The van der Waals surface area contributed by atoms with Crippen molar-refractivity contribution in [1.82, 2.24) is 0 Å². The van der Waals surface area contributed by atoms with Gasteiger partial charge in [-0.25, -0.2) is 0 Å². The second kappa shape index (κ2) is 10.2. The van der Waals surface area contributed by atoms with Crippen LogP contribution in [0.1, 0.15) is 39.0 Å². The van der Waals surface area contributed by atoms with E-state index in [1.54, 1.807) is 5.57 Å². The maximum atomic E-state index is 11.8. The van der Waals surface area contributed by atoms with Gasteiger partial charge in [-0.2, -0.15) is 0 Å². The summed E-state index contributed by atoms with van der Waals surface area (Å²) in [6.07, 6.45) is 9.10. The number of rotatable bonds is 9. The first-order chi connectivity index (χ1) is 10.9. The van der Waals surface area contributed by atoms with E-state index in [0.717, 1.165) is 18.5 Å². The zero-order valence-corrected chi connectivity index (χ0v) is 16.1. The van der Waals surface area contributed by atoms with Gasteiger partial charge in [0.15, 0.2) is 0 Å². The number of hydrogen-bond donors (Lipinski definition) is 1. The highest BCUT2D eigenvalue weighted by molar-refractivity contribution is 6.81. The molecule has 1 rings (SSSR count). The Morgan fingerprint density at radius 3 is 2.39 bits per heavy atom. The van der Waals surface area contributed by atoms with E-state index in [-0.39, 0.29) is 5.91 Å². The van der Waals surface area contributed by atoms with Gasteiger partial charge < -0.3 is 5.32 Å². The summed E-state index contributed by atoms with van der Waals surface area (Å²) in [6, 6.07) is 9.61. The van der Waals surface area contributed by atoms with Crippen LogP contribution >= 0.6 is 0 Å². The van der Waals surface area contributed by atoms with Gasteiger partial charge in [-0.3, -0.25) is 4.79 Å². The van der Waals surface area contributed by atoms with Crippen LogP contribution < -0.4 is 5.32 Å². The molecule has 1 N–H and O–H groups in total. The lowest BCUT2D eigenvalue weighted by Gasteiger charge is -2.13. The lowest BCUT2D eigenvalue weighted by Crippen LogP contribution is -2.16. The van der Waals surface area contributed by atoms with Crippen LogP contribution in [0.5, 0.6) is 0 Å². The Bertz CT molecular complexity index is 526. The van der Waals surface area contributed by atoms with Crippen molar-refractivity contribution in [2.45, 2.75) is 58.7 Å². The molecule has 1 aromatic carbocycles. The van der Waals surface area contributed by atoms with Crippen LogP contribution in [-0.4, -0.2) is 14.0 Å². The third kappa shape index (κ3) is 9.90. The minimum absolute atomic E-state index is 0.0762. The molecule has 23 heavy (non-hydrogen) atoms. The largest absolute Gasteiger partial charge is 0.326 e. The second-order valence-corrected chi connectivity index (χ2v) is 12.1. The van der Waals surface area contributed by atoms with Crippen molar-refractivity contribution in [2.24, 2.45) is 0 Å². The Balaban J connectivity index is 2.35. The first-order valence-electron chi connectivity index (χ1n) is 8.61. The predicted molar refractivity (Wildman–Crippen MR) is 104 cm³/mol. The van der Waals surface area contributed by atoms with Gasteiger partial charge in [0, 0.05) is 12.1 Å². The van der Waals surface area contributed by atoms with Gasteiger partial charge >= 0.3 is 0 Å². The van der Waals surface area contributed by atoms with Crippen molar-refractivity contribution < 1.29 is 4.79 Å². The molecule has 0 aliphatic rings. The molecule has 0 saturated carbocycles. The Labute approximate surface area is 142 Å². The lowest BCUT2D eigenvalue weighted by atomic mass is 10.1. The Morgan fingerprint density at radius 1 is 1.09 bits per heavy atom. The van der Waals surface area contributed by atoms with E-state index in [4.69, 9.17) is 0 Å². The van der Waals surface area contributed by atoms with Gasteiger partial charge in [-0.1, -0.05) is 74.6 Å². The standard InChI is InChI=1S/C20H31NOSi/c1-5-12-18(17-23(2,3)4)13-8-6-11-16-20(22)21-19-14-9-7-10-15-19/h6-10,14-15,17H,5,11-13,16H2,1-4H3,(H,21,22)/b8-6+,18-17+. The summed E-state index contributed by atoms with van der Waals surface area (Å²) in [5.74, 6) is 0.0762. The smallest absolute Gasteiger partial charge is 0.224 e. The van der Waals surface area contributed by atoms with Crippen LogP contribution in [0.25, 0.3) is 0 Å². The summed E-state index contributed by atoms with van der Waals surface area (Å²) in [5, 5.41) is 2.91. The van der Waals surface area contributed by atoms with Gasteiger partial charge in [0.2, 0.25) is 5.91 Å². The highest BCUT2D eigenvalue weighted by Gasteiger charge is 2.09. The number of benzene rings is 1. The monoisotopic (exact) mass is 329 g/mol. The molecule has 0 atom stereocenters. The van der Waals surface area contributed by atoms with Crippen LogP contribution in [0.2, 0.25) is 19.6 Å². The van der Waals surface area contributed by atoms with Gasteiger partial charge in [0.05, 0.1) is 8.07 Å². The average Bonchev–Trinajstić information content (AvgIpc) is 2.46. The summed E-state index contributed by atoms with van der Waals surface area (Å²) in [7, 11) is -1.15. The number of nitrogens with one attached hydrogen (secondary N) is 1. The fourth-order valence-corrected chi connectivity index (χ4v) is 3.97. The van der Waals surface area contributed by atoms with Crippen molar-refractivity contribution in [1.29, 1.82) is 0 Å². The molecule has 2 nitrogen and oxygen atoms in total. The lowest BCUT2D eigenvalue weighted by molar-refractivity contribution is -0.116. The predicted octanol–water partition coefficient (Wildman–Crippen LogP) is 5.96. The zero-order valence-electron chi connectivity index (χ0n) is 15.1. The molecule has 0 spiro atoms. The minimum atomic E-state index is -1.15. The first kappa shape index (κ1) is 19.4. The van der Waals surface area contributed by atoms with E-state index in [0.29, 0.717) is 6.42 Å². The molecule has 0 aliphatic carbocycles. The Kier molecular flexibility index (Phi) is 8.63. The van der Waals surface area contributed by atoms with Crippen LogP contribution in [0.4, 0.5) is 5.69 Å². The summed E-state index contributed by atoms with van der Waals surface area (Å²) in [4.78, 5) is 11.8. The molecule has 0 radical (unpaired) electrons. The third-order valence-corrected chi connectivity index (χ3v) is 4.62. The fourth-order valence-electron chi connectivity index (χ4n) is 2.48. The maximum Gasteiger partial charge on any atom is 0.224 e. The summed E-state index contributed by atoms with van der Waals surface area (Å²) < 4.78 is 0. The SMILES string of the molecule is CCC/C(=C\[Si](C)(C)C)C/C=C/CCC(=O)Nc1ccccc1. The normalized spacial score (nSPS) is 12.6. The minimum Gasteiger partial charge on any atom is -0.326 e. The highest BCUT2D eigenvalue weighted by atomic mass is 28.3. The summed E-state index contributed by atoms with van der Waals surface area (Å²) in [6.45, 7) is 9.36. The summed E-state index contributed by atoms with van der Waals surface area (Å²) >= 11 is 0. The average molecular weight is 330 g/mol. The van der Waals surface area contributed by atoms with E-state index < -0.39 is 8.07 Å². The molecule has 3 heteroatoms. The van der Waals surface area contributed by atoms with Crippen LogP contribution in [-0.2, 0) is 4.79 Å². The molecular formula is C20H31NOSi. The Morgan fingerprint density at radius 2 is 1.78 bits per heavy atom. The van der Waals surface area contributed by atoms with Crippen molar-refractivity contribution >= 4 is 19.7 Å². The molecule has 1 amide bonds. The van der Waals surface area contributed by atoms with Crippen molar-refractivity contribution in [3.63, 3.8) is 0 Å². The van der Waals surface area contributed by atoms with Gasteiger partial charge in [0.1, 0.15) is 0 Å². The number of hydrogen-bond acceptors (Lipinski definition) is 1. The van der Waals surface area contributed by atoms with Crippen molar-refractivity contribution in [2.75, 3.05) is 5.32 Å². The zero-order chi connectivity index (χ0) is 17.1. The molecule has 0 bridgehead atoms. The van der Waals surface area contributed by atoms with E-state index in [1.807, 2.05) is 30.3 Å². The Hall–Kier alpha value is -1.61. The first-order valence-corrected chi connectivity index (χ1v) is 12.2. The van der Waals surface area contributed by atoms with E-state index in [9.17, 15) is 4.79 Å². The molecule has 0 heterocycles. The van der Waals surface area contributed by atoms with E-state index >= 15 is 0 Å². The molecule has 1 aromatic rings. The second-order valence-electron chi connectivity index (χ2n) is 7.05. The highest BCUT2D eigenvalue weighted by Crippen LogP contribution is 2.16. The molecular weight excluding hydrogens is 298 g/mol. The number of para-hydroxylation sites is 1. The number of allylic oxidation sites excluding steroid dienone is 3. The topological polar surface area (TPSA) is 29.1 Å². The quantitative estimate of drug-likeness (QED) is 0.440. The summed E-state index contributed by atoms with van der Waals surface area (Å²) in [5.41, 5.74) is 4.93. The van der Waals surface area contributed by atoms with Crippen LogP contribution in [0.15, 0.2) is 53.8 Å². The van der Waals surface area contributed by atoms with Gasteiger partial charge in [-0.05, 0) is 31.4 Å². The van der Waals surface area contributed by atoms with Gasteiger partial charge in [0.25, 0.3) is 0 Å². The number of anilines is 1. The maximum absolute atomic E-state index is 11.8. The van der Waals surface area contributed by atoms with Crippen molar-refractivity contribution in [3.8, 4) is 0 Å². The number of amides is 1. The molecule has 0 aromatic heterocycles. The van der Waals surface area contributed by atoms with Crippen LogP contribution in [0, 0.1) is 0 Å². The van der Waals surface area contributed by atoms with Crippen LogP contribution in [0.3, 0.4) is 0 Å². The molecule has 0 saturated heterocycles. The molecule has 0 aliphatic heterocycles. The molecule has 0 unspecified atom stereocenters.